The normalized spacial score (nSPS) is 10.8. The van der Waals surface area contributed by atoms with E-state index in [0.717, 1.165) is 23.5 Å². The number of halogens is 2. The van der Waals surface area contributed by atoms with Gasteiger partial charge in [-0.15, -0.1) is 11.3 Å². The van der Waals surface area contributed by atoms with Crippen LogP contribution in [-0.4, -0.2) is 4.98 Å². The first kappa shape index (κ1) is 13.5. The molecule has 1 aromatic carbocycles. The average Bonchev–Trinajstić information content (AvgIpc) is 2.82. The van der Waals surface area contributed by atoms with Gasteiger partial charge in [-0.2, -0.15) is 0 Å². The van der Waals surface area contributed by atoms with Crippen LogP contribution in [0, 0.1) is 5.82 Å². The van der Waals surface area contributed by atoms with E-state index in [1.807, 2.05) is 6.20 Å². The summed E-state index contributed by atoms with van der Waals surface area (Å²) < 4.78 is 13.0. The molecular formula is C13H14ClFN2S. The number of hydrogen-bond acceptors (Lipinski definition) is 3. The van der Waals surface area contributed by atoms with Crippen molar-refractivity contribution in [3.63, 3.8) is 0 Å². The number of hydrogen-bond donors (Lipinski definition) is 1. The van der Waals surface area contributed by atoms with Crippen molar-refractivity contribution in [1.29, 1.82) is 0 Å². The highest BCUT2D eigenvalue weighted by molar-refractivity contribution is 7.11. The Hall–Kier alpha value is -0.970. The standard InChI is InChI=1S/C13H14ClFN2S/c1-2-13-17-8-10(18-13)7-16-6-9-3-4-12(15)11(14)5-9/h3-5,8,16H,2,6-7H2,1H3. The van der Waals surface area contributed by atoms with Gasteiger partial charge in [-0.05, 0) is 24.1 Å². The Balaban J connectivity index is 1.86. The molecule has 0 aliphatic carbocycles. The van der Waals surface area contributed by atoms with E-state index in [9.17, 15) is 4.39 Å². The molecule has 1 aromatic heterocycles. The summed E-state index contributed by atoms with van der Waals surface area (Å²) in [5.74, 6) is -0.379. The lowest BCUT2D eigenvalue weighted by Crippen LogP contribution is -2.11. The third-order valence-electron chi connectivity index (χ3n) is 2.52. The van der Waals surface area contributed by atoms with Crippen LogP contribution < -0.4 is 5.32 Å². The number of nitrogens with zero attached hydrogens (tertiary/aromatic N) is 1. The lowest BCUT2D eigenvalue weighted by atomic mass is 10.2. The number of benzene rings is 1. The Bertz CT molecular complexity index is 527. The molecule has 0 aliphatic rings. The molecule has 0 spiro atoms. The largest absolute Gasteiger partial charge is 0.308 e. The van der Waals surface area contributed by atoms with Crippen LogP contribution in [0.5, 0.6) is 0 Å². The van der Waals surface area contributed by atoms with E-state index in [1.165, 1.54) is 10.9 Å². The Labute approximate surface area is 115 Å². The van der Waals surface area contributed by atoms with Gasteiger partial charge in [0, 0.05) is 24.2 Å². The number of aryl methyl sites for hydroxylation is 1. The number of rotatable bonds is 5. The second-order valence-corrected chi connectivity index (χ2v) is 5.53. The zero-order valence-corrected chi connectivity index (χ0v) is 11.6. The summed E-state index contributed by atoms with van der Waals surface area (Å²) in [5.41, 5.74) is 0.974. The minimum atomic E-state index is -0.379. The highest BCUT2D eigenvalue weighted by atomic mass is 35.5. The van der Waals surface area contributed by atoms with Crippen molar-refractivity contribution >= 4 is 22.9 Å². The second kappa shape index (κ2) is 6.27. The van der Waals surface area contributed by atoms with Gasteiger partial charge in [-0.3, -0.25) is 0 Å². The first-order chi connectivity index (χ1) is 8.69. The SMILES string of the molecule is CCc1ncc(CNCc2ccc(F)c(Cl)c2)s1. The second-order valence-electron chi connectivity index (χ2n) is 3.93. The monoisotopic (exact) mass is 284 g/mol. The van der Waals surface area contributed by atoms with Gasteiger partial charge in [0.25, 0.3) is 0 Å². The molecule has 2 aromatic rings. The van der Waals surface area contributed by atoms with Gasteiger partial charge < -0.3 is 5.32 Å². The summed E-state index contributed by atoms with van der Waals surface area (Å²) in [5, 5.41) is 4.61. The molecule has 0 aliphatic heterocycles. The number of aromatic nitrogens is 1. The molecule has 0 atom stereocenters. The molecule has 1 N–H and O–H groups in total. The molecule has 2 rings (SSSR count). The highest BCUT2D eigenvalue weighted by Gasteiger charge is 2.02. The maximum atomic E-state index is 13.0. The molecule has 0 saturated carbocycles. The van der Waals surface area contributed by atoms with Crippen molar-refractivity contribution in [1.82, 2.24) is 10.3 Å². The van der Waals surface area contributed by atoms with Gasteiger partial charge in [0.2, 0.25) is 0 Å². The quantitative estimate of drug-likeness (QED) is 0.904. The first-order valence-corrected chi connectivity index (χ1v) is 6.96. The minimum Gasteiger partial charge on any atom is -0.308 e. The predicted octanol–water partition coefficient (Wildman–Crippen LogP) is 3.79. The minimum absolute atomic E-state index is 0.167. The summed E-state index contributed by atoms with van der Waals surface area (Å²) >= 11 is 7.44. The lowest BCUT2D eigenvalue weighted by Gasteiger charge is -2.04. The zero-order chi connectivity index (χ0) is 13.0. The fourth-order valence-corrected chi connectivity index (χ4v) is 2.61. The van der Waals surface area contributed by atoms with Crippen molar-refractivity contribution in [2.45, 2.75) is 26.4 Å². The summed E-state index contributed by atoms with van der Waals surface area (Å²) in [6, 6.07) is 4.77. The highest BCUT2D eigenvalue weighted by Crippen LogP contribution is 2.16. The molecule has 0 saturated heterocycles. The van der Waals surface area contributed by atoms with Crippen molar-refractivity contribution in [2.24, 2.45) is 0 Å². The van der Waals surface area contributed by atoms with Gasteiger partial charge in [-0.25, -0.2) is 9.37 Å². The maximum absolute atomic E-state index is 13.0. The van der Waals surface area contributed by atoms with E-state index < -0.39 is 0 Å². The molecule has 2 nitrogen and oxygen atoms in total. The fourth-order valence-electron chi connectivity index (χ4n) is 1.57. The fraction of sp³-hybridized carbons (Fsp3) is 0.308. The van der Waals surface area contributed by atoms with E-state index in [4.69, 9.17) is 11.6 Å². The van der Waals surface area contributed by atoms with E-state index >= 15 is 0 Å². The van der Waals surface area contributed by atoms with Crippen LogP contribution in [-0.2, 0) is 19.5 Å². The van der Waals surface area contributed by atoms with Gasteiger partial charge in [0.15, 0.2) is 0 Å². The predicted molar refractivity (Wildman–Crippen MR) is 73.4 cm³/mol. The molecule has 0 unspecified atom stereocenters. The average molecular weight is 285 g/mol. The Kier molecular flexibility index (Phi) is 4.69. The Morgan fingerprint density at radius 3 is 2.89 bits per heavy atom. The van der Waals surface area contributed by atoms with Crippen LogP contribution in [0.1, 0.15) is 22.4 Å². The van der Waals surface area contributed by atoms with Crippen molar-refractivity contribution in [3.8, 4) is 0 Å². The van der Waals surface area contributed by atoms with E-state index in [-0.39, 0.29) is 10.8 Å². The van der Waals surface area contributed by atoms with Gasteiger partial charge >= 0.3 is 0 Å². The molecule has 1 heterocycles. The van der Waals surface area contributed by atoms with Gasteiger partial charge in [0.05, 0.1) is 10.0 Å². The molecule has 96 valence electrons. The van der Waals surface area contributed by atoms with Gasteiger partial charge in [-0.1, -0.05) is 24.6 Å². The maximum Gasteiger partial charge on any atom is 0.141 e. The topological polar surface area (TPSA) is 24.9 Å². The van der Waals surface area contributed by atoms with Crippen LogP contribution in [0.25, 0.3) is 0 Å². The number of nitrogens with one attached hydrogen (secondary N) is 1. The summed E-state index contributed by atoms with van der Waals surface area (Å²) in [7, 11) is 0. The van der Waals surface area contributed by atoms with E-state index in [2.05, 4.69) is 17.2 Å². The summed E-state index contributed by atoms with van der Waals surface area (Å²) in [6.07, 6.45) is 2.87. The summed E-state index contributed by atoms with van der Waals surface area (Å²) in [6.45, 7) is 3.53. The molecule has 0 fully saturated rings. The molecule has 0 radical (unpaired) electrons. The van der Waals surface area contributed by atoms with Crippen LogP contribution in [0.15, 0.2) is 24.4 Å². The molecule has 0 bridgehead atoms. The Morgan fingerprint density at radius 1 is 1.39 bits per heavy atom. The van der Waals surface area contributed by atoms with Crippen LogP contribution in [0.4, 0.5) is 4.39 Å². The van der Waals surface area contributed by atoms with Crippen molar-refractivity contribution in [3.05, 3.63) is 50.7 Å². The molecule has 18 heavy (non-hydrogen) atoms. The third-order valence-corrected chi connectivity index (χ3v) is 3.95. The number of thiazole rings is 1. The molecular weight excluding hydrogens is 271 g/mol. The molecule has 0 amide bonds. The summed E-state index contributed by atoms with van der Waals surface area (Å²) in [4.78, 5) is 5.50. The first-order valence-electron chi connectivity index (χ1n) is 5.77. The zero-order valence-electron chi connectivity index (χ0n) is 10.0. The van der Waals surface area contributed by atoms with Gasteiger partial charge in [0.1, 0.15) is 5.82 Å². The third kappa shape index (κ3) is 3.51. The van der Waals surface area contributed by atoms with E-state index in [1.54, 1.807) is 23.5 Å². The van der Waals surface area contributed by atoms with Crippen LogP contribution in [0.2, 0.25) is 5.02 Å². The van der Waals surface area contributed by atoms with E-state index in [0.29, 0.717) is 6.54 Å². The van der Waals surface area contributed by atoms with Crippen molar-refractivity contribution < 1.29 is 4.39 Å². The Morgan fingerprint density at radius 2 is 2.22 bits per heavy atom. The molecule has 5 heteroatoms. The lowest BCUT2D eigenvalue weighted by molar-refractivity contribution is 0.625. The smallest absolute Gasteiger partial charge is 0.141 e. The van der Waals surface area contributed by atoms with Crippen molar-refractivity contribution in [2.75, 3.05) is 0 Å². The van der Waals surface area contributed by atoms with Crippen LogP contribution in [0.3, 0.4) is 0 Å². The van der Waals surface area contributed by atoms with Crippen LogP contribution >= 0.6 is 22.9 Å².